The zero-order valence-electron chi connectivity index (χ0n) is 14.2. The van der Waals surface area contributed by atoms with Crippen molar-refractivity contribution < 1.29 is 9.53 Å². The largest absolute Gasteiger partial charge is 0.380 e. The monoisotopic (exact) mass is 318 g/mol. The van der Waals surface area contributed by atoms with Crippen LogP contribution in [0.2, 0.25) is 0 Å². The van der Waals surface area contributed by atoms with E-state index in [0.717, 1.165) is 12.8 Å². The maximum atomic E-state index is 12.2. The highest BCUT2D eigenvalue weighted by Gasteiger charge is 2.33. The first-order chi connectivity index (χ1) is 11.2. The second kappa shape index (κ2) is 9.04. The summed E-state index contributed by atoms with van der Waals surface area (Å²) >= 11 is 0. The molecule has 0 aromatic heterocycles. The molecule has 2 rings (SSSR count). The Labute approximate surface area is 139 Å². The average Bonchev–Trinajstić information content (AvgIpc) is 2.85. The number of carbonyl (C=O) groups is 1. The number of nitrogens with two attached hydrogens (primary N) is 1. The van der Waals surface area contributed by atoms with Gasteiger partial charge < -0.3 is 15.8 Å². The predicted molar refractivity (Wildman–Crippen MR) is 93.3 cm³/mol. The maximum absolute atomic E-state index is 12.2. The molecule has 4 nitrogen and oxygen atoms in total. The van der Waals surface area contributed by atoms with E-state index in [-0.39, 0.29) is 17.4 Å². The third-order valence-electron chi connectivity index (χ3n) is 5.08. The Kier molecular flexibility index (Phi) is 7.06. The van der Waals surface area contributed by atoms with Crippen LogP contribution in [0.25, 0.3) is 0 Å². The number of carbonyl (C=O) groups excluding carboxylic acids is 1. The Morgan fingerprint density at radius 1 is 1.22 bits per heavy atom. The molecular formula is C19H30N2O2. The van der Waals surface area contributed by atoms with Crippen LogP contribution in [0.3, 0.4) is 0 Å². The lowest BCUT2D eigenvalue weighted by Crippen LogP contribution is -2.42. The van der Waals surface area contributed by atoms with E-state index in [4.69, 9.17) is 10.5 Å². The van der Waals surface area contributed by atoms with Crippen molar-refractivity contribution in [2.24, 2.45) is 5.73 Å². The van der Waals surface area contributed by atoms with Crippen molar-refractivity contribution in [1.29, 1.82) is 0 Å². The number of rotatable bonds is 7. The molecule has 1 aliphatic carbocycles. The van der Waals surface area contributed by atoms with Crippen molar-refractivity contribution in [1.82, 2.24) is 5.32 Å². The molecular weight excluding hydrogens is 288 g/mol. The number of benzene rings is 1. The molecule has 1 amide bonds. The van der Waals surface area contributed by atoms with Crippen molar-refractivity contribution in [3.63, 3.8) is 0 Å². The molecule has 128 valence electrons. The molecule has 1 aliphatic rings. The minimum Gasteiger partial charge on any atom is -0.380 e. The van der Waals surface area contributed by atoms with E-state index in [1.807, 2.05) is 0 Å². The van der Waals surface area contributed by atoms with Crippen molar-refractivity contribution in [2.45, 2.75) is 56.5 Å². The summed E-state index contributed by atoms with van der Waals surface area (Å²) in [5, 5.41) is 3.14. The third-order valence-corrected chi connectivity index (χ3v) is 5.08. The quantitative estimate of drug-likeness (QED) is 0.760. The number of amides is 1. The molecule has 1 fully saturated rings. The number of ether oxygens (including phenoxy) is 1. The van der Waals surface area contributed by atoms with Crippen LogP contribution in [-0.4, -0.2) is 32.2 Å². The lowest BCUT2D eigenvalue weighted by molar-refractivity contribution is -0.123. The van der Waals surface area contributed by atoms with Crippen molar-refractivity contribution >= 4 is 5.91 Å². The van der Waals surface area contributed by atoms with E-state index < -0.39 is 0 Å². The van der Waals surface area contributed by atoms with E-state index in [1.54, 1.807) is 7.11 Å². The SMILES string of the molecule is COC(CN)CC(=O)NCC1(c2ccccc2)CCCCCC1. The van der Waals surface area contributed by atoms with Gasteiger partial charge in [0.15, 0.2) is 0 Å². The van der Waals surface area contributed by atoms with E-state index in [2.05, 4.69) is 35.6 Å². The van der Waals surface area contributed by atoms with E-state index in [0.29, 0.717) is 19.5 Å². The van der Waals surface area contributed by atoms with E-state index in [9.17, 15) is 4.79 Å². The molecule has 4 heteroatoms. The molecule has 0 bridgehead atoms. The van der Waals surface area contributed by atoms with Gasteiger partial charge in [0.2, 0.25) is 5.91 Å². The Hall–Kier alpha value is -1.39. The van der Waals surface area contributed by atoms with Gasteiger partial charge in [-0.15, -0.1) is 0 Å². The molecule has 0 spiro atoms. The number of methoxy groups -OCH3 is 1. The van der Waals surface area contributed by atoms with Gasteiger partial charge in [0, 0.05) is 25.6 Å². The molecule has 3 N–H and O–H groups in total. The lowest BCUT2D eigenvalue weighted by Gasteiger charge is -2.34. The second-order valence-corrected chi connectivity index (χ2v) is 6.63. The lowest BCUT2D eigenvalue weighted by atomic mass is 9.74. The minimum atomic E-state index is -0.197. The molecule has 0 aliphatic heterocycles. The van der Waals surface area contributed by atoms with E-state index >= 15 is 0 Å². The zero-order valence-corrected chi connectivity index (χ0v) is 14.2. The average molecular weight is 318 g/mol. The fourth-order valence-corrected chi connectivity index (χ4v) is 3.57. The topological polar surface area (TPSA) is 64.3 Å². The van der Waals surface area contributed by atoms with Gasteiger partial charge in [-0.3, -0.25) is 4.79 Å². The van der Waals surface area contributed by atoms with Crippen LogP contribution in [0, 0.1) is 0 Å². The molecule has 1 atom stereocenters. The Balaban J connectivity index is 2.05. The summed E-state index contributed by atoms with van der Waals surface area (Å²) in [5.41, 5.74) is 7.02. The van der Waals surface area contributed by atoms with Crippen LogP contribution < -0.4 is 11.1 Å². The van der Waals surface area contributed by atoms with Crippen molar-refractivity contribution in [3.05, 3.63) is 35.9 Å². The van der Waals surface area contributed by atoms with Crippen molar-refractivity contribution in [3.8, 4) is 0 Å². The molecule has 0 radical (unpaired) electrons. The van der Waals surface area contributed by atoms with Gasteiger partial charge in [-0.25, -0.2) is 0 Å². The molecule has 0 heterocycles. The third kappa shape index (κ3) is 5.05. The van der Waals surface area contributed by atoms with Gasteiger partial charge in [0.05, 0.1) is 12.5 Å². The summed E-state index contributed by atoms with van der Waals surface area (Å²) in [7, 11) is 1.60. The highest BCUT2D eigenvalue weighted by Crippen LogP contribution is 2.37. The second-order valence-electron chi connectivity index (χ2n) is 6.63. The predicted octanol–water partition coefficient (Wildman–Crippen LogP) is 2.76. The summed E-state index contributed by atoms with van der Waals surface area (Å²) in [4.78, 5) is 12.2. The molecule has 23 heavy (non-hydrogen) atoms. The molecule has 1 aromatic carbocycles. The van der Waals surface area contributed by atoms with Gasteiger partial charge in [-0.2, -0.15) is 0 Å². The zero-order chi connectivity index (χ0) is 16.5. The van der Waals surface area contributed by atoms with Gasteiger partial charge >= 0.3 is 0 Å². The fourth-order valence-electron chi connectivity index (χ4n) is 3.57. The molecule has 1 aromatic rings. The normalized spacial score (nSPS) is 18.9. The van der Waals surface area contributed by atoms with Gasteiger partial charge in [-0.05, 0) is 18.4 Å². The number of hydrogen-bond donors (Lipinski definition) is 2. The van der Waals surface area contributed by atoms with Gasteiger partial charge in [0.1, 0.15) is 0 Å². The van der Waals surface area contributed by atoms with Crippen LogP contribution >= 0.6 is 0 Å². The summed E-state index contributed by atoms with van der Waals surface area (Å²) in [6.07, 6.45) is 7.46. The number of nitrogens with one attached hydrogen (secondary N) is 1. The summed E-state index contributed by atoms with van der Waals surface area (Å²) in [5.74, 6) is 0.0295. The Morgan fingerprint density at radius 2 is 1.87 bits per heavy atom. The maximum Gasteiger partial charge on any atom is 0.222 e. The molecule has 1 saturated carbocycles. The van der Waals surface area contributed by atoms with Crippen LogP contribution in [-0.2, 0) is 14.9 Å². The molecule has 1 unspecified atom stereocenters. The first kappa shape index (κ1) is 18.0. The van der Waals surface area contributed by atoms with Crippen LogP contribution in [0.4, 0.5) is 0 Å². The minimum absolute atomic E-state index is 0.0295. The van der Waals surface area contributed by atoms with Gasteiger partial charge in [-0.1, -0.05) is 56.0 Å². The highest BCUT2D eigenvalue weighted by molar-refractivity contribution is 5.76. The smallest absolute Gasteiger partial charge is 0.222 e. The first-order valence-corrected chi connectivity index (χ1v) is 8.75. The van der Waals surface area contributed by atoms with Crippen LogP contribution in [0.5, 0.6) is 0 Å². The summed E-state index contributed by atoms with van der Waals surface area (Å²) in [6, 6.07) is 10.7. The summed E-state index contributed by atoms with van der Waals surface area (Å²) < 4.78 is 5.21. The molecule has 0 saturated heterocycles. The van der Waals surface area contributed by atoms with Crippen molar-refractivity contribution in [2.75, 3.05) is 20.2 Å². The highest BCUT2D eigenvalue weighted by atomic mass is 16.5. The standard InChI is InChI=1S/C19H30N2O2/c1-23-17(14-20)13-18(22)21-15-19(11-7-2-3-8-12-19)16-9-5-4-6-10-16/h4-6,9-10,17H,2-3,7-8,11-15,20H2,1H3,(H,21,22). The Bertz CT molecular complexity index is 464. The van der Waals surface area contributed by atoms with Crippen LogP contribution in [0.15, 0.2) is 30.3 Å². The first-order valence-electron chi connectivity index (χ1n) is 8.75. The summed E-state index contributed by atoms with van der Waals surface area (Å²) in [6.45, 7) is 1.07. The fraction of sp³-hybridized carbons (Fsp3) is 0.632. The number of hydrogen-bond acceptors (Lipinski definition) is 3. The van der Waals surface area contributed by atoms with Crippen LogP contribution in [0.1, 0.15) is 50.5 Å². The Morgan fingerprint density at radius 3 is 2.43 bits per heavy atom. The van der Waals surface area contributed by atoms with Gasteiger partial charge in [0.25, 0.3) is 0 Å². The van der Waals surface area contributed by atoms with E-state index in [1.165, 1.54) is 31.2 Å².